The summed E-state index contributed by atoms with van der Waals surface area (Å²) in [5.41, 5.74) is 3.90. The highest BCUT2D eigenvalue weighted by molar-refractivity contribution is 5.93. The van der Waals surface area contributed by atoms with Crippen molar-refractivity contribution in [3.63, 3.8) is 0 Å². The third kappa shape index (κ3) is 2.65. The maximum Gasteiger partial charge on any atom is 0.256 e. The number of rotatable bonds is 3. The molecule has 0 radical (unpaired) electrons. The number of H-pyrrole nitrogens is 1. The molecule has 0 bridgehead atoms. The predicted octanol–water partition coefficient (Wildman–Crippen LogP) is 4.33. The standard InChI is InChI=1S/C20H15N3O/c24-20-18(17-10-4-6-14-7-5-11-21-19(14)17)12-16(13-22-20)23-15-8-2-1-3-9-15/h1-13,23H,(H,22,24). The van der Waals surface area contributed by atoms with E-state index >= 15 is 0 Å². The van der Waals surface area contributed by atoms with E-state index in [1.54, 1.807) is 12.4 Å². The van der Waals surface area contributed by atoms with E-state index < -0.39 is 0 Å². The first-order valence-electron chi connectivity index (χ1n) is 7.70. The average Bonchev–Trinajstić information content (AvgIpc) is 2.64. The van der Waals surface area contributed by atoms with Crippen molar-refractivity contribution in [2.75, 3.05) is 5.32 Å². The molecule has 0 atom stereocenters. The molecule has 24 heavy (non-hydrogen) atoms. The molecule has 0 amide bonds. The van der Waals surface area contributed by atoms with Gasteiger partial charge >= 0.3 is 0 Å². The third-order valence-electron chi connectivity index (χ3n) is 3.89. The van der Waals surface area contributed by atoms with Gasteiger partial charge in [0.2, 0.25) is 0 Å². The van der Waals surface area contributed by atoms with E-state index in [1.807, 2.05) is 66.7 Å². The third-order valence-corrected chi connectivity index (χ3v) is 3.89. The topological polar surface area (TPSA) is 57.8 Å². The van der Waals surface area contributed by atoms with E-state index in [2.05, 4.69) is 15.3 Å². The monoisotopic (exact) mass is 313 g/mol. The number of aromatic amines is 1. The van der Waals surface area contributed by atoms with Gasteiger partial charge in [-0.15, -0.1) is 0 Å². The first-order chi connectivity index (χ1) is 11.8. The number of pyridine rings is 2. The molecule has 2 N–H and O–H groups in total. The quantitative estimate of drug-likeness (QED) is 0.592. The Labute approximate surface area is 138 Å². The van der Waals surface area contributed by atoms with E-state index in [0.717, 1.165) is 27.8 Å². The molecule has 0 saturated carbocycles. The van der Waals surface area contributed by atoms with Crippen molar-refractivity contribution in [2.45, 2.75) is 0 Å². The Morgan fingerprint density at radius 2 is 1.67 bits per heavy atom. The van der Waals surface area contributed by atoms with Crippen molar-refractivity contribution >= 4 is 22.3 Å². The van der Waals surface area contributed by atoms with Crippen molar-refractivity contribution in [1.29, 1.82) is 0 Å². The lowest BCUT2D eigenvalue weighted by Crippen LogP contribution is -2.09. The van der Waals surface area contributed by atoms with Crippen LogP contribution in [0, 0.1) is 0 Å². The van der Waals surface area contributed by atoms with Crippen LogP contribution in [0.5, 0.6) is 0 Å². The molecule has 116 valence electrons. The van der Waals surface area contributed by atoms with Gasteiger partial charge in [-0.3, -0.25) is 9.78 Å². The van der Waals surface area contributed by atoms with Crippen molar-refractivity contribution in [2.24, 2.45) is 0 Å². The van der Waals surface area contributed by atoms with Crippen LogP contribution in [0.25, 0.3) is 22.0 Å². The highest BCUT2D eigenvalue weighted by Crippen LogP contribution is 2.26. The summed E-state index contributed by atoms with van der Waals surface area (Å²) in [6.45, 7) is 0. The number of benzene rings is 2. The summed E-state index contributed by atoms with van der Waals surface area (Å²) in [6, 6.07) is 21.4. The second-order valence-electron chi connectivity index (χ2n) is 5.50. The van der Waals surface area contributed by atoms with E-state index in [1.165, 1.54) is 0 Å². The lowest BCUT2D eigenvalue weighted by Gasteiger charge is -2.09. The van der Waals surface area contributed by atoms with E-state index in [4.69, 9.17) is 0 Å². The minimum absolute atomic E-state index is 0.133. The number of hydrogen-bond donors (Lipinski definition) is 2. The van der Waals surface area contributed by atoms with E-state index in [-0.39, 0.29) is 5.56 Å². The zero-order valence-corrected chi connectivity index (χ0v) is 12.9. The molecule has 0 fully saturated rings. The number of anilines is 2. The summed E-state index contributed by atoms with van der Waals surface area (Å²) in [4.78, 5) is 19.6. The largest absolute Gasteiger partial charge is 0.354 e. The van der Waals surface area contributed by atoms with Gasteiger partial charge in [0.25, 0.3) is 5.56 Å². The summed E-state index contributed by atoms with van der Waals surface area (Å²) in [6.07, 6.45) is 3.42. The minimum atomic E-state index is -0.133. The summed E-state index contributed by atoms with van der Waals surface area (Å²) >= 11 is 0. The molecule has 2 heterocycles. The zero-order valence-electron chi connectivity index (χ0n) is 12.9. The maximum absolute atomic E-state index is 12.4. The van der Waals surface area contributed by atoms with Crippen molar-refractivity contribution in [3.05, 3.63) is 89.5 Å². The van der Waals surface area contributed by atoms with Crippen molar-refractivity contribution < 1.29 is 0 Å². The van der Waals surface area contributed by atoms with Gasteiger partial charge < -0.3 is 10.3 Å². The second-order valence-corrected chi connectivity index (χ2v) is 5.50. The van der Waals surface area contributed by atoms with Crippen LogP contribution in [0.2, 0.25) is 0 Å². The van der Waals surface area contributed by atoms with Crippen LogP contribution in [0.3, 0.4) is 0 Å². The van der Waals surface area contributed by atoms with Gasteiger partial charge in [-0.05, 0) is 24.3 Å². The predicted molar refractivity (Wildman–Crippen MR) is 97.5 cm³/mol. The Bertz CT molecular complexity index is 1050. The fourth-order valence-corrected chi connectivity index (χ4v) is 2.77. The molecule has 4 heteroatoms. The van der Waals surface area contributed by atoms with Crippen LogP contribution in [-0.2, 0) is 0 Å². The molecule has 4 aromatic rings. The van der Waals surface area contributed by atoms with E-state index in [0.29, 0.717) is 5.56 Å². The zero-order chi connectivity index (χ0) is 16.4. The molecule has 0 saturated heterocycles. The number of para-hydroxylation sites is 2. The average molecular weight is 313 g/mol. The van der Waals surface area contributed by atoms with Crippen LogP contribution in [-0.4, -0.2) is 9.97 Å². The molecule has 2 aromatic carbocycles. The summed E-state index contributed by atoms with van der Waals surface area (Å²) in [5, 5.41) is 4.31. The van der Waals surface area contributed by atoms with Gasteiger partial charge in [0.05, 0.1) is 16.8 Å². The SMILES string of the molecule is O=c1[nH]cc(Nc2ccccc2)cc1-c1cccc2cccnc12. The number of nitrogens with zero attached hydrogens (tertiary/aromatic N) is 1. The van der Waals surface area contributed by atoms with Crippen LogP contribution >= 0.6 is 0 Å². The highest BCUT2D eigenvalue weighted by atomic mass is 16.1. The van der Waals surface area contributed by atoms with Crippen LogP contribution in [0.4, 0.5) is 11.4 Å². The molecule has 2 aromatic heterocycles. The number of nitrogens with one attached hydrogen (secondary N) is 2. The van der Waals surface area contributed by atoms with Gasteiger partial charge in [0.1, 0.15) is 0 Å². The Morgan fingerprint density at radius 3 is 2.54 bits per heavy atom. The first kappa shape index (κ1) is 14.2. The lowest BCUT2D eigenvalue weighted by atomic mass is 10.0. The van der Waals surface area contributed by atoms with E-state index in [9.17, 15) is 4.79 Å². The molecular weight excluding hydrogens is 298 g/mol. The fourth-order valence-electron chi connectivity index (χ4n) is 2.77. The summed E-state index contributed by atoms with van der Waals surface area (Å²) < 4.78 is 0. The molecule has 0 aliphatic rings. The molecule has 0 aliphatic heterocycles. The van der Waals surface area contributed by atoms with Gasteiger partial charge in [-0.2, -0.15) is 0 Å². The molecule has 4 rings (SSSR count). The Morgan fingerprint density at radius 1 is 0.833 bits per heavy atom. The Kier molecular flexibility index (Phi) is 3.56. The molecular formula is C20H15N3O. The van der Waals surface area contributed by atoms with Crippen molar-refractivity contribution in [3.8, 4) is 11.1 Å². The second kappa shape index (κ2) is 6.01. The number of aromatic nitrogens is 2. The highest BCUT2D eigenvalue weighted by Gasteiger charge is 2.09. The van der Waals surface area contributed by atoms with Gasteiger partial charge in [0, 0.05) is 29.0 Å². The Balaban J connectivity index is 1.83. The van der Waals surface area contributed by atoms with Crippen LogP contribution in [0.1, 0.15) is 0 Å². The molecule has 0 aliphatic carbocycles. The maximum atomic E-state index is 12.4. The Hall–Kier alpha value is -3.40. The number of hydrogen-bond acceptors (Lipinski definition) is 3. The van der Waals surface area contributed by atoms with Gasteiger partial charge in [-0.25, -0.2) is 0 Å². The number of fused-ring (bicyclic) bond motifs is 1. The van der Waals surface area contributed by atoms with Crippen LogP contribution in [0.15, 0.2) is 83.9 Å². The first-order valence-corrected chi connectivity index (χ1v) is 7.70. The summed E-state index contributed by atoms with van der Waals surface area (Å²) in [5.74, 6) is 0. The van der Waals surface area contributed by atoms with Crippen molar-refractivity contribution in [1.82, 2.24) is 9.97 Å². The molecule has 4 nitrogen and oxygen atoms in total. The van der Waals surface area contributed by atoms with Crippen LogP contribution < -0.4 is 10.9 Å². The fraction of sp³-hybridized carbons (Fsp3) is 0. The van der Waals surface area contributed by atoms with Gasteiger partial charge in [-0.1, -0.05) is 42.5 Å². The summed E-state index contributed by atoms with van der Waals surface area (Å²) in [7, 11) is 0. The molecule has 0 unspecified atom stereocenters. The minimum Gasteiger partial charge on any atom is -0.354 e. The van der Waals surface area contributed by atoms with Gasteiger partial charge in [0.15, 0.2) is 0 Å². The molecule has 0 spiro atoms. The lowest BCUT2D eigenvalue weighted by molar-refractivity contribution is 1.24. The normalized spacial score (nSPS) is 10.7. The smallest absolute Gasteiger partial charge is 0.256 e.